The zero-order valence-electron chi connectivity index (χ0n) is 76.8. The number of ether oxygens (including phenoxy) is 2. The average molecular weight is 1720 g/mol. The van der Waals surface area contributed by atoms with Crippen LogP contribution >= 0.6 is 0 Å². The number of nitrogens with zero attached hydrogens (tertiary/aromatic N) is 4. The molecule has 4 heterocycles. The van der Waals surface area contributed by atoms with E-state index < -0.39 is 28.8 Å². The molecule has 0 radical (unpaired) electrons. The second kappa shape index (κ2) is 41.8. The van der Waals surface area contributed by atoms with Crippen LogP contribution in [0.3, 0.4) is 0 Å². The lowest BCUT2D eigenvalue weighted by atomic mass is 9.86. The van der Waals surface area contributed by atoms with E-state index in [1.165, 1.54) is 134 Å². The van der Waals surface area contributed by atoms with Gasteiger partial charge in [-0.1, -0.05) is 274 Å². The van der Waals surface area contributed by atoms with Gasteiger partial charge in [-0.2, -0.15) is 0 Å². The fourth-order valence-electron chi connectivity index (χ4n) is 17.9. The number of benzene rings is 8. The molecule has 18 heteroatoms. The molecule has 4 aliphatic carbocycles. The number of rotatable bonds is 10. The molecule has 0 atom stereocenters. The van der Waals surface area contributed by atoms with E-state index in [0.717, 1.165) is 77.3 Å². The highest BCUT2D eigenvalue weighted by molar-refractivity contribution is 5.99. The van der Waals surface area contributed by atoms with Gasteiger partial charge in [0, 0.05) is 89.1 Å². The standard InChI is InChI=1S/2C28H32N2O2.C27H32N2O3.C27H30N2O3/c1-28(2,3)27(32)29-17-14-25(31)30-18-15-22(16-19-30)26-23-10-6-4-8-20(23)12-13-21-9-5-7-11-24(21)26;1-28(2,3)29-25(31)14-15-26(32)30-18-16-22(17-19-30)27-23-10-6-4-8-20(23)12-13-21-9-5-7-11-24(21)27;2*1-27(2,3)32-26(31)28-18-24(30)29-16-14-21(15-17-29)25-22-10-6-4-8-19(22)12-13-20-9-5-7-11-23(20)25/h4-13H,14-19H2,1-3H3,(H,29,32);4-13H,14-19H2,1-3H3,(H,29,31);4-11H,12-18H2,1-3H3,(H,28,31);4-13H,14-18H2,1-3H3,(H,28,31). The molecule has 4 aliphatic heterocycles. The van der Waals surface area contributed by atoms with Crippen LogP contribution in [-0.2, 0) is 51.1 Å². The topological polar surface area (TPSA) is 216 Å². The smallest absolute Gasteiger partial charge is 0.408 e. The van der Waals surface area contributed by atoms with Crippen LogP contribution in [0.2, 0.25) is 0 Å². The number of amides is 8. The quantitative estimate of drug-likeness (QED) is 0.102. The van der Waals surface area contributed by atoms with Gasteiger partial charge >= 0.3 is 12.2 Å². The van der Waals surface area contributed by atoms with Gasteiger partial charge in [-0.25, -0.2) is 9.59 Å². The number of nitrogens with one attached hydrogen (secondary N) is 4. The molecular weight excluding hydrogens is 1590 g/mol. The van der Waals surface area contributed by atoms with E-state index in [4.69, 9.17) is 9.47 Å². The third-order valence-electron chi connectivity index (χ3n) is 24.2. The largest absolute Gasteiger partial charge is 0.444 e. The van der Waals surface area contributed by atoms with Crippen molar-refractivity contribution < 1.29 is 47.8 Å². The molecule has 0 spiro atoms. The highest BCUT2D eigenvalue weighted by atomic mass is 16.6. The van der Waals surface area contributed by atoms with Crippen LogP contribution in [0.1, 0.15) is 243 Å². The Hall–Kier alpha value is -12.7. The number of carbonyl (C=O) groups is 8. The molecule has 16 rings (SSSR count). The Morgan fingerprint density at radius 3 is 0.812 bits per heavy atom. The van der Waals surface area contributed by atoms with E-state index in [-0.39, 0.29) is 66.9 Å². The van der Waals surface area contributed by atoms with Gasteiger partial charge in [-0.05, 0) is 238 Å². The molecule has 8 aliphatic rings. The molecule has 8 aromatic carbocycles. The zero-order chi connectivity index (χ0) is 90.9. The van der Waals surface area contributed by atoms with E-state index in [1.54, 1.807) is 41.5 Å². The van der Waals surface area contributed by atoms with Crippen LogP contribution < -0.4 is 21.3 Å². The maximum absolute atomic E-state index is 12.7. The Bertz CT molecular complexity index is 5190. The van der Waals surface area contributed by atoms with Crippen molar-refractivity contribution in [3.63, 3.8) is 0 Å². The Balaban J connectivity index is 0.000000146. The SMILES string of the molecule is CC(C)(C)C(=O)NCCC(=O)N1CCC(=C2c3ccccc3C=Cc3ccccc32)CC1.CC(C)(C)NC(=O)CCC(=O)N1CCC(=C2c3ccccc3C=Cc3ccccc32)CC1.CC(C)(C)OC(=O)NCC(=O)N1CCC(=C2c3ccccc3C=Cc3ccccc32)CC1.CC(C)(C)OC(=O)NCC(=O)N1CCC(=C2c3ccccc3CCc3ccccc32)CC1. The molecular formula is C110H126N8O10. The molecule has 18 nitrogen and oxygen atoms in total. The number of likely N-dealkylation sites (tertiary alicyclic amines) is 4. The Labute approximate surface area is 756 Å². The number of hydrogen-bond acceptors (Lipinski definition) is 10. The maximum Gasteiger partial charge on any atom is 0.408 e. The zero-order valence-corrected chi connectivity index (χ0v) is 76.8. The summed E-state index contributed by atoms with van der Waals surface area (Å²) in [4.78, 5) is 106. The molecule has 666 valence electrons. The predicted octanol–water partition coefficient (Wildman–Crippen LogP) is 20.3. The second-order valence-electron chi connectivity index (χ2n) is 38.0. The maximum atomic E-state index is 12.7. The normalized spacial score (nSPS) is 15.7. The van der Waals surface area contributed by atoms with E-state index in [0.29, 0.717) is 52.2 Å². The van der Waals surface area contributed by atoms with Gasteiger partial charge in [0.15, 0.2) is 0 Å². The van der Waals surface area contributed by atoms with Crippen molar-refractivity contribution in [2.75, 3.05) is 72.0 Å². The summed E-state index contributed by atoms with van der Waals surface area (Å²) >= 11 is 0. The highest BCUT2D eigenvalue weighted by Crippen LogP contribution is 2.44. The van der Waals surface area contributed by atoms with Crippen molar-refractivity contribution in [2.45, 2.75) is 183 Å². The molecule has 0 saturated carbocycles. The van der Waals surface area contributed by atoms with Crippen LogP contribution in [0.4, 0.5) is 9.59 Å². The summed E-state index contributed by atoms with van der Waals surface area (Å²) in [6.07, 6.45) is 21.8. The number of carbonyl (C=O) groups excluding carboxylic acids is 8. The van der Waals surface area contributed by atoms with Crippen LogP contribution in [0.5, 0.6) is 0 Å². The number of fused-ring (bicyclic) bond motifs is 8. The van der Waals surface area contributed by atoms with Crippen molar-refractivity contribution in [2.24, 2.45) is 5.41 Å². The number of aryl methyl sites for hydroxylation is 2. The minimum atomic E-state index is -0.584. The Morgan fingerprint density at radius 2 is 0.539 bits per heavy atom. The molecule has 0 unspecified atom stereocenters. The lowest BCUT2D eigenvalue weighted by Gasteiger charge is -2.31. The molecule has 0 bridgehead atoms. The fourth-order valence-corrected chi connectivity index (χ4v) is 17.9. The minimum absolute atomic E-state index is 0.0183. The van der Waals surface area contributed by atoms with E-state index >= 15 is 0 Å². The first-order chi connectivity index (χ1) is 61.3. The Kier molecular flexibility index (Phi) is 30.4. The van der Waals surface area contributed by atoms with Gasteiger partial charge < -0.3 is 50.3 Å². The van der Waals surface area contributed by atoms with Crippen molar-refractivity contribution in [1.29, 1.82) is 0 Å². The first kappa shape index (κ1) is 93.0. The number of hydrogen-bond donors (Lipinski definition) is 4. The summed E-state index contributed by atoms with van der Waals surface area (Å²) in [6, 6.07) is 68.7. The second-order valence-corrected chi connectivity index (χ2v) is 38.0. The molecule has 128 heavy (non-hydrogen) atoms. The predicted molar refractivity (Wildman–Crippen MR) is 516 cm³/mol. The number of piperidine rings is 4. The minimum Gasteiger partial charge on any atom is -0.444 e. The third-order valence-corrected chi connectivity index (χ3v) is 24.2. The van der Waals surface area contributed by atoms with E-state index in [2.05, 4.69) is 252 Å². The average Bonchev–Trinajstić information content (AvgIpc) is 1.60. The number of alkyl carbamates (subject to hydrolysis) is 2. The van der Waals surface area contributed by atoms with Crippen LogP contribution in [0.25, 0.3) is 58.7 Å². The molecule has 4 fully saturated rings. The van der Waals surface area contributed by atoms with Crippen molar-refractivity contribution in [3.05, 3.63) is 305 Å². The summed E-state index contributed by atoms with van der Waals surface area (Å²) in [6.45, 7) is 28.1. The van der Waals surface area contributed by atoms with Gasteiger partial charge in [0.2, 0.25) is 35.4 Å². The van der Waals surface area contributed by atoms with Crippen LogP contribution in [0, 0.1) is 5.41 Å². The van der Waals surface area contributed by atoms with Gasteiger partial charge in [-0.3, -0.25) is 28.8 Å². The Morgan fingerprint density at radius 1 is 0.289 bits per heavy atom. The van der Waals surface area contributed by atoms with Crippen molar-refractivity contribution in [1.82, 2.24) is 40.9 Å². The summed E-state index contributed by atoms with van der Waals surface area (Å²) in [5, 5.41) is 11.0. The first-order valence-electron chi connectivity index (χ1n) is 45.6. The lowest BCUT2D eigenvalue weighted by molar-refractivity contribution is -0.134. The van der Waals surface area contributed by atoms with Gasteiger partial charge in [0.05, 0.1) is 0 Å². The van der Waals surface area contributed by atoms with Gasteiger partial charge in [0.25, 0.3) is 0 Å². The molecule has 8 amide bonds. The molecule has 8 aromatic rings. The first-order valence-corrected chi connectivity index (χ1v) is 45.6. The van der Waals surface area contributed by atoms with Crippen LogP contribution in [-0.4, -0.2) is 156 Å². The van der Waals surface area contributed by atoms with Crippen molar-refractivity contribution in [3.8, 4) is 0 Å². The fraction of sp³-hybridized carbons (Fsp3) is 0.364. The molecule has 4 saturated heterocycles. The van der Waals surface area contributed by atoms with Gasteiger partial charge in [-0.15, -0.1) is 0 Å². The lowest BCUT2D eigenvalue weighted by Crippen LogP contribution is -2.44. The summed E-state index contributed by atoms with van der Waals surface area (Å²) < 4.78 is 10.4. The summed E-state index contributed by atoms with van der Waals surface area (Å²) in [5.74, 6) is -0.0436. The monoisotopic (exact) mass is 1720 g/mol. The van der Waals surface area contributed by atoms with Crippen molar-refractivity contribution >= 4 is 106 Å². The summed E-state index contributed by atoms with van der Waals surface area (Å²) in [7, 11) is 0. The van der Waals surface area contributed by atoms with Gasteiger partial charge in [0.1, 0.15) is 24.3 Å². The van der Waals surface area contributed by atoms with E-state index in [1.807, 2.05) is 61.1 Å². The molecule has 4 N–H and O–H groups in total. The van der Waals surface area contributed by atoms with Crippen LogP contribution in [0.15, 0.2) is 216 Å². The molecule has 0 aromatic heterocycles. The highest BCUT2D eigenvalue weighted by Gasteiger charge is 2.33. The van der Waals surface area contributed by atoms with E-state index in [9.17, 15) is 38.4 Å². The summed E-state index contributed by atoms with van der Waals surface area (Å²) in [5.41, 5.74) is 29.4. The third kappa shape index (κ3) is 24.5.